The summed E-state index contributed by atoms with van der Waals surface area (Å²) in [6, 6.07) is 0. The van der Waals surface area contributed by atoms with Crippen molar-refractivity contribution in [2.45, 2.75) is 18.6 Å². The Kier molecular flexibility index (Phi) is 3.43. The van der Waals surface area contributed by atoms with Gasteiger partial charge in [0.05, 0.1) is 0 Å². The second-order valence-corrected chi connectivity index (χ2v) is 3.24. The second kappa shape index (κ2) is 4.39. The SMILES string of the molecule is COC1(O)C=CC=CC1CCC(=O)O. The van der Waals surface area contributed by atoms with Crippen molar-refractivity contribution in [2.75, 3.05) is 7.11 Å². The van der Waals surface area contributed by atoms with E-state index in [-0.39, 0.29) is 12.3 Å². The molecular weight excluding hydrogens is 184 g/mol. The number of carbonyl (C=O) groups is 1. The minimum Gasteiger partial charge on any atom is -0.481 e. The van der Waals surface area contributed by atoms with Crippen molar-refractivity contribution < 1.29 is 19.7 Å². The van der Waals surface area contributed by atoms with Crippen molar-refractivity contribution >= 4 is 5.97 Å². The molecule has 0 fully saturated rings. The molecule has 0 amide bonds. The van der Waals surface area contributed by atoms with Crippen molar-refractivity contribution in [3.05, 3.63) is 24.3 Å². The summed E-state index contributed by atoms with van der Waals surface area (Å²) in [5, 5.41) is 18.4. The molecule has 0 spiro atoms. The van der Waals surface area contributed by atoms with E-state index < -0.39 is 11.8 Å². The lowest BCUT2D eigenvalue weighted by molar-refractivity contribution is -0.175. The van der Waals surface area contributed by atoms with E-state index in [0.29, 0.717) is 6.42 Å². The van der Waals surface area contributed by atoms with Gasteiger partial charge in [-0.15, -0.1) is 0 Å². The minimum absolute atomic E-state index is 0.0223. The highest BCUT2D eigenvalue weighted by Gasteiger charge is 2.33. The molecule has 1 rings (SSSR count). The number of rotatable bonds is 4. The molecule has 78 valence electrons. The Hall–Kier alpha value is -1.13. The molecule has 0 bridgehead atoms. The van der Waals surface area contributed by atoms with E-state index in [9.17, 15) is 9.90 Å². The summed E-state index contributed by atoms with van der Waals surface area (Å²) in [6.07, 6.45) is 7.13. The fourth-order valence-corrected chi connectivity index (χ4v) is 1.45. The van der Waals surface area contributed by atoms with Crippen molar-refractivity contribution in [3.8, 4) is 0 Å². The second-order valence-electron chi connectivity index (χ2n) is 3.24. The van der Waals surface area contributed by atoms with Crippen LogP contribution in [0.2, 0.25) is 0 Å². The molecule has 2 atom stereocenters. The van der Waals surface area contributed by atoms with Crippen LogP contribution in [0.1, 0.15) is 12.8 Å². The number of hydrogen-bond donors (Lipinski definition) is 2. The zero-order valence-corrected chi connectivity index (χ0v) is 8.01. The van der Waals surface area contributed by atoms with Gasteiger partial charge in [0.25, 0.3) is 0 Å². The van der Waals surface area contributed by atoms with Gasteiger partial charge in [-0.2, -0.15) is 0 Å². The largest absolute Gasteiger partial charge is 0.481 e. The number of carboxylic acids is 1. The molecule has 1 aliphatic rings. The number of ether oxygens (including phenoxy) is 1. The van der Waals surface area contributed by atoms with Gasteiger partial charge in [0, 0.05) is 19.4 Å². The number of methoxy groups -OCH3 is 1. The normalized spacial score (nSPS) is 30.6. The summed E-state index contributed by atoms with van der Waals surface area (Å²) in [7, 11) is 1.40. The van der Waals surface area contributed by atoms with Gasteiger partial charge in [0.15, 0.2) is 5.79 Å². The Labute approximate surface area is 82.5 Å². The van der Waals surface area contributed by atoms with Crippen LogP contribution in [-0.4, -0.2) is 29.1 Å². The summed E-state index contributed by atoms with van der Waals surface area (Å²) in [4.78, 5) is 10.4. The summed E-state index contributed by atoms with van der Waals surface area (Å²) in [5.74, 6) is -2.52. The summed E-state index contributed by atoms with van der Waals surface area (Å²) >= 11 is 0. The third kappa shape index (κ3) is 2.43. The molecule has 0 radical (unpaired) electrons. The van der Waals surface area contributed by atoms with Crippen LogP contribution in [0.15, 0.2) is 24.3 Å². The fraction of sp³-hybridized carbons (Fsp3) is 0.500. The maximum absolute atomic E-state index is 10.4. The van der Waals surface area contributed by atoms with E-state index in [4.69, 9.17) is 9.84 Å². The highest BCUT2D eigenvalue weighted by Crippen LogP contribution is 2.28. The quantitative estimate of drug-likeness (QED) is 0.659. The van der Waals surface area contributed by atoms with Crippen molar-refractivity contribution in [1.29, 1.82) is 0 Å². The number of aliphatic carboxylic acids is 1. The summed E-state index contributed by atoms with van der Waals surface area (Å²) < 4.78 is 4.95. The molecule has 14 heavy (non-hydrogen) atoms. The standard InChI is InChI=1S/C10H14O4/c1-14-10(13)7-3-2-4-8(10)5-6-9(11)12/h2-4,7-8,13H,5-6H2,1H3,(H,11,12). The Morgan fingerprint density at radius 1 is 1.57 bits per heavy atom. The highest BCUT2D eigenvalue weighted by atomic mass is 16.6. The molecule has 1 aliphatic carbocycles. The Bertz CT molecular complexity index is 269. The number of hydrogen-bond acceptors (Lipinski definition) is 3. The van der Waals surface area contributed by atoms with Gasteiger partial charge < -0.3 is 14.9 Å². The van der Waals surface area contributed by atoms with Crippen LogP contribution in [0.3, 0.4) is 0 Å². The summed E-state index contributed by atoms with van der Waals surface area (Å²) in [6.45, 7) is 0. The third-order valence-electron chi connectivity index (χ3n) is 2.32. The molecule has 0 aromatic carbocycles. The number of aliphatic hydroxyl groups is 1. The maximum Gasteiger partial charge on any atom is 0.303 e. The van der Waals surface area contributed by atoms with Gasteiger partial charge in [-0.3, -0.25) is 4.79 Å². The monoisotopic (exact) mass is 198 g/mol. The number of carboxylic acid groups (broad SMARTS) is 1. The van der Waals surface area contributed by atoms with Crippen LogP contribution in [0.25, 0.3) is 0 Å². The Morgan fingerprint density at radius 2 is 2.29 bits per heavy atom. The van der Waals surface area contributed by atoms with E-state index in [1.54, 1.807) is 18.2 Å². The third-order valence-corrected chi connectivity index (χ3v) is 2.32. The molecule has 0 heterocycles. The van der Waals surface area contributed by atoms with Gasteiger partial charge in [-0.25, -0.2) is 0 Å². The van der Waals surface area contributed by atoms with Crippen molar-refractivity contribution in [3.63, 3.8) is 0 Å². The van der Waals surface area contributed by atoms with E-state index in [2.05, 4.69) is 0 Å². The highest BCUT2D eigenvalue weighted by molar-refractivity contribution is 5.66. The lowest BCUT2D eigenvalue weighted by Gasteiger charge is -2.31. The maximum atomic E-state index is 10.4. The van der Waals surface area contributed by atoms with Gasteiger partial charge in [0.2, 0.25) is 0 Å². The average molecular weight is 198 g/mol. The van der Waals surface area contributed by atoms with Crippen LogP contribution in [0, 0.1) is 5.92 Å². The van der Waals surface area contributed by atoms with Crippen LogP contribution in [0.4, 0.5) is 0 Å². The molecular formula is C10H14O4. The van der Waals surface area contributed by atoms with E-state index >= 15 is 0 Å². The summed E-state index contributed by atoms with van der Waals surface area (Å²) in [5.41, 5.74) is 0. The first-order chi connectivity index (χ1) is 6.58. The Balaban J connectivity index is 2.62. The molecule has 0 aromatic heterocycles. The predicted molar refractivity (Wildman–Crippen MR) is 50.6 cm³/mol. The first kappa shape index (κ1) is 10.9. The fourth-order valence-electron chi connectivity index (χ4n) is 1.45. The van der Waals surface area contributed by atoms with E-state index in [1.807, 2.05) is 0 Å². The molecule has 2 N–H and O–H groups in total. The van der Waals surface area contributed by atoms with Gasteiger partial charge in [-0.1, -0.05) is 18.2 Å². The topological polar surface area (TPSA) is 66.8 Å². The molecule has 0 aliphatic heterocycles. The van der Waals surface area contributed by atoms with E-state index in [0.717, 1.165) is 0 Å². The molecule has 4 heteroatoms. The van der Waals surface area contributed by atoms with E-state index in [1.165, 1.54) is 13.2 Å². The molecule has 0 saturated carbocycles. The lowest BCUT2D eigenvalue weighted by Crippen LogP contribution is -2.38. The smallest absolute Gasteiger partial charge is 0.303 e. The van der Waals surface area contributed by atoms with Crippen LogP contribution in [-0.2, 0) is 9.53 Å². The predicted octanol–water partition coefficient (Wildman–Crippen LogP) is 0.928. The number of allylic oxidation sites excluding steroid dienone is 2. The van der Waals surface area contributed by atoms with Gasteiger partial charge in [0.1, 0.15) is 0 Å². The average Bonchev–Trinajstić information content (AvgIpc) is 2.16. The van der Waals surface area contributed by atoms with Crippen LogP contribution in [0.5, 0.6) is 0 Å². The van der Waals surface area contributed by atoms with Gasteiger partial charge >= 0.3 is 5.97 Å². The molecule has 0 saturated heterocycles. The molecule has 0 aromatic rings. The zero-order chi connectivity index (χ0) is 10.6. The molecule has 4 nitrogen and oxygen atoms in total. The first-order valence-electron chi connectivity index (χ1n) is 4.44. The minimum atomic E-state index is -1.36. The first-order valence-corrected chi connectivity index (χ1v) is 4.44. The zero-order valence-electron chi connectivity index (χ0n) is 8.01. The van der Waals surface area contributed by atoms with Crippen LogP contribution >= 0.6 is 0 Å². The lowest BCUT2D eigenvalue weighted by atomic mass is 9.89. The van der Waals surface area contributed by atoms with Crippen molar-refractivity contribution in [1.82, 2.24) is 0 Å². The van der Waals surface area contributed by atoms with Crippen LogP contribution < -0.4 is 0 Å². The molecule has 2 unspecified atom stereocenters. The van der Waals surface area contributed by atoms with Crippen molar-refractivity contribution in [2.24, 2.45) is 5.92 Å². The Morgan fingerprint density at radius 3 is 2.86 bits per heavy atom. The van der Waals surface area contributed by atoms with Gasteiger partial charge in [-0.05, 0) is 12.5 Å².